The smallest absolute Gasteiger partial charge is 0.172 e. The van der Waals surface area contributed by atoms with Gasteiger partial charge in [-0.3, -0.25) is 0 Å². The highest BCUT2D eigenvalue weighted by Gasteiger charge is 2.10. The summed E-state index contributed by atoms with van der Waals surface area (Å²) in [7, 11) is 0. The van der Waals surface area contributed by atoms with Crippen LogP contribution in [-0.2, 0) is 6.54 Å². The van der Waals surface area contributed by atoms with E-state index in [1.54, 1.807) is 10.9 Å². The van der Waals surface area contributed by atoms with E-state index in [9.17, 15) is 8.78 Å². The van der Waals surface area contributed by atoms with E-state index in [0.717, 1.165) is 38.3 Å². The summed E-state index contributed by atoms with van der Waals surface area (Å²) in [6.07, 6.45) is 5.62. The lowest BCUT2D eigenvalue weighted by atomic mass is 10.1. The maximum atomic E-state index is 13.2. The number of benzene rings is 1. The Morgan fingerprint density at radius 3 is 2.57 bits per heavy atom. The van der Waals surface area contributed by atoms with Crippen molar-refractivity contribution in [2.75, 3.05) is 25.0 Å². The Morgan fingerprint density at radius 1 is 1.04 bits per heavy atom. The lowest BCUT2D eigenvalue weighted by molar-refractivity contribution is 0.217. The van der Waals surface area contributed by atoms with Gasteiger partial charge in [0.15, 0.2) is 17.5 Å². The molecule has 5 nitrogen and oxygen atoms in total. The average molecular weight is 344 g/mol. The maximum absolute atomic E-state index is 13.2. The van der Waals surface area contributed by atoms with Crippen LogP contribution >= 0.6 is 12.4 Å². The molecule has 0 bridgehead atoms. The predicted molar refractivity (Wildman–Crippen MR) is 87.2 cm³/mol. The van der Waals surface area contributed by atoms with Crippen molar-refractivity contribution in [3.05, 3.63) is 36.0 Å². The molecular weight excluding hydrogens is 324 g/mol. The van der Waals surface area contributed by atoms with Crippen LogP contribution in [0.5, 0.6) is 0 Å². The fourth-order valence-corrected chi connectivity index (χ4v) is 2.61. The van der Waals surface area contributed by atoms with Gasteiger partial charge in [-0.15, -0.1) is 17.5 Å². The van der Waals surface area contributed by atoms with E-state index in [-0.39, 0.29) is 12.4 Å². The minimum Gasteiger partial charge on any atom is -0.337 e. The molecule has 1 N–H and O–H groups in total. The summed E-state index contributed by atoms with van der Waals surface area (Å²) in [4.78, 5) is 2.42. The summed E-state index contributed by atoms with van der Waals surface area (Å²) >= 11 is 0. The standard InChI is InChI=1S/C15H19F2N5.ClH/c16-13-5-4-12(10-14(13)17)18-15-11-22(20-19-15)9-8-21-6-2-1-3-7-21;/h4-5,10-11,18H,1-3,6-9H2;1H. The molecule has 0 atom stereocenters. The predicted octanol–water partition coefficient (Wildman–Crippen LogP) is 3.21. The lowest BCUT2D eigenvalue weighted by Crippen LogP contribution is -2.32. The molecule has 0 saturated carbocycles. The molecule has 1 fully saturated rings. The van der Waals surface area contributed by atoms with Gasteiger partial charge in [0.1, 0.15) is 0 Å². The van der Waals surface area contributed by atoms with Gasteiger partial charge in [0, 0.05) is 18.3 Å². The third-order valence-corrected chi connectivity index (χ3v) is 3.82. The fourth-order valence-electron chi connectivity index (χ4n) is 2.61. The third-order valence-electron chi connectivity index (χ3n) is 3.82. The Bertz CT molecular complexity index is 628. The number of nitrogens with zero attached hydrogens (tertiary/aromatic N) is 4. The van der Waals surface area contributed by atoms with Crippen molar-refractivity contribution in [1.82, 2.24) is 19.9 Å². The summed E-state index contributed by atoms with van der Waals surface area (Å²) in [6.45, 7) is 4.02. The second-order valence-corrected chi connectivity index (χ2v) is 5.52. The minimum atomic E-state index is -0.887. The van der Waals surface area contributed by atoms with Gasteiger partial charge in [0.25, 0.3) is 0 Å². The summed E-state index contributed by atoms with van der Waals surface area (Å²) < 4.78 is 27.8. The first-order valence-electron chi connectivity index (χ1n) is 7.55. The molecule has 0 aliphatic carbocycles. The van der Waals surface area contributed by atoms with E-state index in [1.165, 1.54) is 25.3 Å². The van der Waals surface area contributed by atoms with E-state index < -0.39 is 11.6 Å². The van der Waals surface area contributed by atoms with Gasteiger partial charge in [-0.25, -0.2) is 13.5 Å². The molecule has 0 spiro atoms. The van der Waals surface area contributed by atoms with Crippen molar-refractivity contribution in [3.8, 4) is 0 Å². The topological polar surface area (TPSA) is 46.0 Å². The van der Waals surface area contributed by atoms with Crippen molar-refractivity contribution in [1.29, 1.82) is 0 Å². The monoisotopic (exact) mass is 343 g/mol. The number of anilines is 2. The van der Waals surface area contributed by atoms with Crippen LogP contribution in [-0.4, -0.2) is 39.5 Å². The molecule has 0 radical (unpaired) electrons. The van der Waals surface area contributed by atoms with Gasteiger partial charge < -0.3 is 10.2 Å². The number of hydrogen-bond donors (Lipinski definition) is 1. The molecule has 8 heteroatoms. The van der Waals surface area contributed by atoms with Crippen LogP contribution in [0.4, 0.5) is 20.3 Å². The van der Waals surface area contributed by atoms with Crippen LogP contribution < -0.4 is 5.32 Å². The van der Waals surface area contributed by atoms with Crippen LogP contribution in [0.3, 0.4) is 0 Å². The minimum absolute atomic E-state index is 0. The summed E-state index contributed by atoms with van der Waals surface area (Å²) in [5, 5.41) is 11.0. The van der Waals surface area contributed by atoms with Crippen molar-refractivity contribution >= 4 is 23.9 Å². The molecule has 0 unspecified atom stereocenters. The number of rotatable bonds is 5. The number of likely N-dealkylation sites (tertiary alicyclic amines) is 1. The molecule has 23 heavy (non-hydrogen) atoms. The fraction of sp³-hybridized carbons (Fsp3) is 0.467. The first-order valence-corrected chi connectivity index (χ1v) is 7.55. The van der Waals surface area contributed by atoms with Crippen LogP contribution in [0.15, 0.2) is 24.4 Å². The van der Waals surface area contributed by atoms with Gasteiger partial charge in [-0.1, -0.05) is 11.6 Å². The SMILES string of the molecule is Cl.Fc1ccc(Nc2cn(CCN3CCCCC3)nn2)cc1F. The Labute approximate surface area is 140 Å². The van der Waals surface area contributed by atoms with Crippen molar-refractivity contribution in [2.45, 2.75) is 25.8 Å². The Kier molecular flexibility index (Phi) is 6.29. The Morgan fingerprint density at radius 2 is 1.83 bits per heavy atom. The van der Waals surface area contributed by atoms with Crippen LogP contribution in [0.2, 0.25) is 0 Å². The third kappa shape index (κ3) is 4.87. The highest BCUT2D eigenvalue weighted by Crippen LogP contribution is 2.17. The zero-order valence-electron chi connectivity index (χ0n) is 12.7. The maximum Gasteiger partial charge on any atom is 0.172 e. The van der Waals surface area contributed by atoms with Crippen molar-refractivity contribution < 1.29 is 8.78 Å². The molecule has 1 aromatic carbocycles. The molecule has 1 aromatic heterocycles. The van der Waals surface area contributed by atoms with Gasteiger partial charge >= 0.3 is 0 Å². The highest BCUT2D eigenvalue weighted by molar-refractivity contribution is 5.85. The number of aromatic nitrogens is 3. The van der Waals surface area contributed by atoms with E-state index in [4.69, 9.17) is 0 Å². The molecule has 1 aliphatic heterocycles. The molecule has 0 amide bonds. The van der Waals surface area contributed by atoms with Crippen molar-refractivity contribution in [3.63, 3.8) is 0 Å². The first-order chi connectivity index (χ1) is 10.7. The van der Waals surface area contributed by atoms with E-state index in [2.05, 4.69) is 20.5 Å². The van der Waals surface area contributed by atoms with Crippen LogP contribution in [0.25, 0.3) is 0 Å². The van der Waals surface area contributed by atoms with Crippen molar-refractivity contribution in [2.24, 2.45) is 0 Å². The first kappa shape index (κ1) is 17.6. The molecule has 126 valence electrons. The molecular formula is C15H20ClF2N5. The van der Waals surface area contributed by atoms with E-state index in [1.807, 2.05) is 0 Å². The van der Waals surface area contributed by atoms with Gasteiger partial charge in [0.05, 0.1) is 12.7 Å². The highest BCUT2D eigenvalue weighted by atomic mass is 35.5. The van der Waals surface area contributed by atoms with Crippen LogP contribution in [0.1, 0.15) is 19.3 Å². The molecule has 1 saturated heterocycles. The number of piperidine rings is 1. The molecule has 1 aliphatic rings. The molecule has 2 aromatic rings. The zero-order chi connectivity index (χ0) is 15.4. The van der Waals surface area contributed by atoms with E-state index in [0.29, 0.717) is 11.5 Å². The second-order valence-electron chi connectivity index (χ2n) is 5.52. The average Bonchev–Trinajstić information content (AvgIpc) is 2.97. The van der Waals surface area contributed by atoms with Crippen LogP contribution in [0, 0.1) is 11.6 Å². The molecule has 3 rings (SSSR count). The summed E-state index contributed by atoms with van der Waals surface area (Å²) in [6, 6.07) is 3.64. The van der Waals surface area contributed by atoms with Gasteiger partial charge in [0.2, 0.25) is 0 Å². The number of halogens is 3. The Balaban J connectivity index is 0.00000192. The second kappa shape index (κ2) is 8.21. The normalized spacial score (nSPS) is 15.2. The van der Waals surface area contributed by atoms with Gasteiger partial charge in [-0.05, 0) is 38.1 Å². The van der Waals surface area contributed by atoms with Gasteiger partial charge in [-0.2, -0.15) is 0 Å². The molecule has 2 heterocycles. The van der Waals surface area contributed by atoms with E-state index >= 15 is 0 Å². The number of hydrogen-bond acceptors (Lipinski definition) is 4. The summed E-state index contributed by atoms with van der Waals surface area (Å²) in [5.41, 5.74) is 0.446. The largest absolute Gasteiger partial charge is 0.337 e. The Hall–Kier alpha value is -1.73. The lowest BCUT2D eigenvalue weighted by Gasteiger charge is -2.25. The number of nitrogens with one attached hydrogen (secondary N) is 1. The zero-order valence-corrected chi connectivity index (χ0v) is 13.5. The quantitative estimate of drug-likeness (QED) is 0.905. The summed E-state index contributed by atoms with van der Waals surface area (Å²) in [5.74, 6) is -1.23.